The maximum absolute atomic E-state index is 12.2. The molecule has 0 saturated heterocycles. The molecule has 0 saturated carbocycles. The van der Waals surface area contributed by atoms with E-state index in [0.29, 0.717) is 6.61 Å². The van der Waals surface area contributed by atoms with Gasteiger partial charge < -0.3 is 9.47 Å². The normalized spacial score (nSPS) is 12.5. The zero-order valence-corrected chi connectivity index (χ0v) is 13.1. The van der Waals surface area contributed by atoms with Gasteiger partial charge in [0, 0.05) is 5.56 Å². The lowest BCUT2D eigenvalue weighted by atomic mass is 10.2. The Labute approximate surface area is 127 Å². The molecule has 1 aromatic rings. The monoisotopic (exact) mass is 342 g/mol. The maximum Gasteiger partial charge on any atom is 0.573 e. The molecule has 9 heteroatoms. The van der Waals surface area contributed by atoms with Crippen molar-refractivity contribution in [2.75, 3.05) is 12.9 Å². The van der Waals surface area contributed by atoms with E-state index < -0.39 is 28.8 Å². The molecule has 22 heavy (non-hydrogen) atoms. The highest BCUT2D eigenvalue weighted by Gasteiger charge is 2.31. The minimum atomic E-state index is -4.84. The molecule has 0 amide bonds. The largest absolute Gasteiger partial charge is 0.573 e. The number of hydrogen-bond donors (Lipinski definition) is 0. The van der Waals surface area contributed by atoms with Gasteiger partial charge in [0.05, 0.1) is 19.5 Å². The van der Waals surface area contributed by atoms with Crippen molar-refractivity contribution in [3.63, 3.8) is 0 Å². The lowest BCUT2D eigenvalue weighted by Crippen LogP contribution is -2.17. The van der Waals surface area contributed by atoms with E-state index in [1.54, 1.807) is 0 Å². The smallest absolute Gasteiger partial charge is 0.493 e. The van der Waals surface area contributed by atoms with Crippen LogP contribution in [-0.4, -0.2) is 27.6 Å². The van der Waals surface area contributed by atoms with E-state index in [4.69, 9.17) is 4.74 Å². The molecule has 0 spiro atoms. The number of rotatable bonds is 7. The zero-order chi connectivity index (χ0) is 17.0. The average Bonchev–Trinajstić information content (AvgIpc) is 2.32. The van der Waals surface area contributed by atoms with Crippen LogP contribution in [-0.2, 0) is 20.9 Å². The van der Waals surface area contributed by atoms with Crippen molar-refractivity contribution in [3.8, 4) is 11.5 Å². The van der Waals surface area contributed by atoms with Crippen molar-refractivity contribution in [3.05, 3.63) is 23.8 Å². The summed E-state index contributed by atoms with van der Waals surface area (Å²) in [6.07, 6.45) is -3.99. The summed E-state index contributed by atoms with van der Waals surface area (Å²) in [5, 5.41) is 0. The molecule has 0 aromatic heterocycles. The fourth-order valence-electron chi connectivity index (χ4n) is 1.43. The van der Waals surface area contributed by atoms with Crippen LogP contribution in [0, 0.1) is 5.92 Å². The summed E-state index contributed by atoms with van der Waals surface area (Å²) < 4.78 is 72.5. The van der Waals surface area contributed by atoms with Gasteiger partial charge in [0.25, 0.3) is 10.1 Å². The van der Waals surface area contributed by atoms with Crippen LogP contribution in [0.15, 0.2) is 18.2 Å². The first-order valence-electron chi connectivity index (χ1n) is 6.32. The number of ether oxygens (including phenoxy) is 2. The average molecular weight is 342 g/mol. The minimum absolute atomic E-state index is 0.146. The molecule has 0 fully saturated rings. The predicted octanol–water partition coefficient (Wildman–Crippen LogP) is 3.10. The maximum atomic E-state index is 12.2. The summed E-state index contributed by atoms with van der Waals surface area (Å²) in [5.74, 6) is -0.0434. The lowest BCUT2D eigenvalue weighted by Gasteiger charge is -2.15. The standard InChI is InChI=1S/C13H17F3O5S/c1-9(2)7-19-12-5-4-11(21-13(14,15)16)6-10(12)8-20-22(3,17)18/h4-6,9H,7-8H2,1-3H3. The van der Waals surface area contributed by atoms with Crippen molar-refractivity contribution < 1.29 is 35.2 Å². The Morgan fingerprint density at radius 3 is 2.36 bits per heavy atom. The molecule has 1 aromatic carbocycles. The Morgan fingerprint density at radius 2 is 1.86 bits per heavy atom. The molecule has 0 radical (unpaired) electrons. The molecule has 0 unspecified atom stereocenters. The highest BCUT2D eigenvalue weighted by atomic mass is 32.2. The molecule has 5 nitrogen and oxygen atoms in total. The van der Waals surface area contributed by atoms with Crippen LogP contribution < -0.4 is 9.47 Å². The van der Waals surface area contributed by atoms with Crippen LogP contribution in [0.1, 0.15) is 19.4 Å². The third-order valence-electron chi connectivity index (χ3n) is 2.27. The fourth-order valence-corrected chi connectivity index (χ4v) is 1.77. The van der Waals surface area contributed by atoms with E-state index in [2.05, 4.69) is 8.92 Å². The Morgan fingerprint density at radius 1 is 1.23 bits per heavy atom. The Balaban J connectivity index is 2.99. The van der Waals surface area contributed by atoms with Gasteiger partial charge in [-0.05, 0) is 24.1 Å². The van der Waals surface area contributed by atoms with Gasteiger partial charge in [-0.2, -0.15) is 8.42 Å². The summed E-state index contributed by atoms with van der Waals surface area (Å²) in [4.78, 5) is 0. The second-order valence-electron chi connectivity index (χ2n) is 4.99. The molecular formula is C13H17F3O5S. The van der Waals surface area contributed by atoms with Gasteiger partial charge in [-0.25, -0.2) is 0 Å². The van der Waals surface area contributed by atoms with Gasteiger partial charge in [-0.15, -0.1) is 13.2 Å². The second-order valence-corrected chi connectivity index (χ2v) is 6.63. The molecule has 0 bridgehead atoms. The van der Waals surface area contributed by atoms with E-state index in [0.717, 1.165) is 18.4 Å². The molecule has 0 N–H and O–H groups in total. The van der Waals surface area contributed by atoms with Gasteiger partial charge in [0.1, 0.15) is 11.5 Å². The molecule has 126 valence electrons. The first-order valence-corrected chi connectivity index (χ1v) is 8.14. The van der Waals surface area contributed by atoms with E-state index in [1.807, 2.05) is 13.8 Å². The van der Waals surface area contributed by atoms with E-state index in [9.17, 15) is 21.6 Å². The summed E-state index contributed by atoms with van der Waals surface area (Å²) in [6.45, 7) is 3.67. The summed E-state index contributed by atoms with van der Waals surface area (Å²) in [6, 6.07) is 3.41. The zero-order valence-electron chi connectivity index (χ0n) is 12.3. The van der Waals surface area contributed by atoms with Crippen molar-refractivity contribution in [2.24, 2.45) is 5.92 Å². The highest BCUT2D eigenvalue weighted by molar-refractivity contribution is 7.85. The van der Waals surface area contributed by atoms with Gasteiger partial charge in [-0.3, -0.25) is 4.18 Å². The number of benzene rings is 1. The first kappa shape index (κ1) is 18.6. The van der Waals surface area contributed by atoms with Crippen LogP contribution in [0.4, 0.5) is 13.2 Å². The van der Waals surface area contributed by atoms with Crippen LogP contribution in [0.5, 0.6) is 11.5 Å². The minimum Gasteiger partial charge on any atom is -0.493 e. The Bertz CT molecular complexity index is 596. The number of halogens is 3. The molecule has 0 aliphatic rings. The topological polar surface area (TPSA) is 61.8 Å². The summed E-state index contributed by atoms with van der Waals surface area (Å²) in [5.41, 5.74) is 0.146. The van der Waals surface area contributed by atoms with E-state index >= 15 is 0 Å². The van der Waals surface area contributed by atoms with Gasteiger partial charge in [0.2, 0.25) is 0 Å². The number of alkyl halides is 3. The van der Waals surface area contributed by atoms with Gasteiger partial charge in [0.15, 0.2) is 0 Å². The SMILES string of the molecule is CC(C)COc1ccc(OC(F)(F)F)cc1COS(C)(=O)=O. The van der Waals surface area contributed by atoms with Crippen molar-refractivity contribution in [2.45, 2.75) is 26.8 Å². The van der Waals surface area contributed by atoms with E-state index in [1.165, 1.54) is 6.07 Å². The predicted molar refractivity (Wildman–Crippen MR) is 73.1 cm³/mol. The molecule has 0 atom stereocenters. The third kappa shape index (κ3) is 7.51. The Hall–Kier alpha value is -1.48. The van der Waals surface area contributed by atoms with Gasteiger partial charge in [-0.1, -0.05) is 13.8 Å². The number of hydrogen-bond acceptors (Lipinski definition) is 5. The highest BCUT2D eigenvalue weighted by Crippen LogP contribution is 2.29. The van der Waals surface area contributed by atoms with Crippen molar-refractivity contribution in [1.29, 1.82) is 0 Å². The quantitative estimate of drug-likeness (QED) is 0.713. The van der Waals surface area contributed by atoms with Crippen LogP contribution in [0.2, 0.25) is 0 Å². The molecule has 1 rings (SSSR count). The lowest BCUT2D eigenvalue weighted by molar-refractivity contribution is -0.274. The summed E-state index contributed by atoms with van der Waals surface area (Å²) >= 11 is 0. The summed E-state index contributed by atoms with van der Waals surface area (Å²) in [7, 11) is -3.74. The molecule has 0 aliphatic carbocycles. The molecular weight excluding hydrogens is 325 g/mol. The Kier molecular flexibility index (Phi) is 6.07. The first-order chi connectivity index (χ1) is 9.96. The second kappa shape index (κ2) is 7.19. The molecule has 0 heterocycles. The van der Waals surface area contributed by atoms with Crippen molar-refractivity contribution in [1.82, 2.24) is 0 Å². The third-order valence-corrected chi connectivity index (χ3v) is 2.81. The van der Waals surface area contributed by atoms with Gasteiger partial charge >= 0.3 is 6.36 Å². The van der Waals surface area contributed by atoms with Crippen LogP contribution in [0.3, 0.4) is 0 Å². The molecule has 0 aliphatic heterocycles. The van der Waals surface area contributed by atoms with Crippen LogP contribution in [0.25, 0.3) is 0 Å². The fraction of sp³-hybridized carbons (Fsp3) is 0.538. The van der Waals surface area contributed by atoms with Crippen molar-refractivity contribution >= 4 is 10.1 Å². The van der Waals surface area contributed by atoms with Crippen LogP contribution >= 0.6 is 0 Å². The van der Waals surface area contributed by atoms with E-state index in [-0.39, 0.29) is 17.2 Å².